The first-order valence-corrected chi connectivity index (χ1v) is 7.48. The molecule has 0 saturated carbocycles. The van der Waals surface area contributed by atoms with Gasteiger partial charge in [0.1, 0.15) is 11.9 Å². The fourth-order valence-corrected chi connectivity index (χ4v) is 2.54. The zero-order valence-electron chi connectivity index (χ0n) is 13.4. The van der Waals surface area contributed by atoms with Gasteiger partial charge in [-0.2, -0.15) is 5.26 Å². The van der Waals surface area contributed by atoms with E-state index in [0.29, 0.717) is 32.4 Å². The van der Waals surface area contributed by atoms with Crippen molar-refractivity contribution in [3.05, 3.63) is 24.3 Å². The summed E-state index contributed by atoms with van der Waals surface area (Å²) in [5.41, 5.74) is -0.100. The van der Waals surface area contributed by atoms with E-state index in [2.05, 4.69) is 16.0 Å². The Morgan fingerprint density at radius 3 is 2.64 bits per heavy atom. The predicted molar refractivity (Wildman–Crippen MR) is 80.8 cm³/mol. The van der Waals surface area contributed by atoms with Crippen molar-refractivity contribution in [2.24, 2.45) is 5.41 Å². The highest BCUT2D eigenvalue weighted by molar-refractivity contribution is 5.68. The molecule has 1 aromatic heterocycles. The van der Waals surface area contributed by atoms with Crippen LogP contribution in [0, 0.1) is 16.7 Å². The molecule has 1 saturated heterocycles. The summed E-state index contributed by atoms with van der Waals surface area (Å²) in [6.45, 7) is 6.62. The molecule has 0 radical (unpaired) electrons. The molecular formula is C16H22N4O2. The minimum atomic E-state index is -0.498. The molecule has 0 spiro atoms. The van der Waals surface area contributed by atoms with Gasteiger partial charge in [0.05, 0.1) is 11.5 Å². The van der Waals surface area contributed by atoms with Crippen LogP contribution in [0.15, 0.2) is 18.6 Å². The molecule has 1 aliphatic rings. The number of hydrogen-bond donors (Lipinski definition) is 0. The summed E-state index contributed by atoms with van der Waals surface area (Å²) in [7, 11) is 0. The van der Waals surface area contributed by atoms with Crippen LogP contribution in [0.5, 0.6) is 0 Å². The molecule has 6 nitrogen and oxygen atoms in total. The highest BCUT2D eigenvalue weighted by Gasteiger charge is 2.37. The summed E-state index contributed by atoms with van der Waals surface area (Å²) < 4.78 is 5.38. The lowest BCUT2D eigenvalue weighted by Crippen LogP contribution is -2.45. The van der Waals surface area contributed by atoms with E-state index in [1.54, 1.807) is 11.1 Å². The number of piperidine rings is 1. The maximum atomic E-state index is 12.1. The lowest BCUT2D eigenvalue weighted by molar-refractivity contribution is 0.0148. The quantitative estimate of drug-likeness (QED) is 0.839. The van der Waals surface area contributed by atoms with Crippen molar-refractivity contribution in [1.29, 1.82) is 5.26 Å². The van der Waals surface area contributed by atoms with Crippen LogP contribution in [0.25, 0.3) is 0 Å². The number of likely N-dealkylation sites (tertiary alicyclic amines) is 1. The van der Waals surface area contributed by atoms with Crippen LogP contribution in [-0.2, 0) is 11.2 Å². The first kappa shape index (κ1) is 16.2. The van der Waals surface area contributed by atoms with Gasteiger partial charge in [0.2, 0.25) is 0 Å². The number of amides is 1. The Labute approximate surface area is 131 Å². The third-order valence-corrected chi connectivity index (χ3v) is 3.77. The molecule has 2 rings (SSSR count). The Hall–Kier alpha value is -2.16. The van der Waals surface area contributed by atoms with E-state index >= 15 is 0 Å². The van der Waals surface area contributed by atoms with Crippen molar-refractivity contribution in [2.75, 3.05) is 13.1 Å². The van der Waals surface area contributed by atoms with Gasteiger partial charge in [0, 0.05) is 31.4 Å². The first-order valence-electron chi connectivity index (χ1n) is 7.48. The van der Waals surface area contributed by atoms with Crippen molar-refractivity contribution in [1.82, 2.24) is 14.9 Å². The molecule has 6 heteroatoms. The van der Waals surface area contributed by atoms with Gasteiger partial charge in [-0.1, -0.05) is 0 Å². The molecule has 22 heavy (non-hydrogen) atoms. The maximum absolute atomic E-state index is 12.1. The number of ether oxygens (including phenoxy) is 1. The van der Waals surface area contributed by atoms with E-state index in [1.165, 1.54) is 6.33 Å². The lowest BCUT2D eigenvalue weighted by Gasteiger charge is -2.37. The fraction of sp³-hybridized carbons (Fsp3) is 0.625. The van der Waals surface area contributed by atoms with E-state index < -0.39 is 11.0 Å². The molecular weight excluding hydrogens is 280 g/mol. The van der Waals surface area contributed by atoms with Gasteiger partial charge in [-0.3, -0.25) is 0 Å². The standard InChI is InChI=1S/C16H22N4O2/c1-15(2,3)22-14(21)20-8-5-16(11-17,6-9-20)10-13-4-7-18-12-19-13/h4,7,12H,5-6,8-10H2,1-3H3. The van der Waals surface area contributed by atoms with Gasteiger partial charge in [0.25, 0.3) is 0 Å². The van der Waals surface area contributed by atoms with Gasteiger partial charge in [-0.05, 0) is 39.7 Å². The van der Waals surface area contributed by atoms with Crippen LogP contribution in [0.1, 0.15) is 39.3 Å². The van der Waals surface area contributed by atoms with Crippen LogP contribution in [0.4, 0.5) is 4.79 Å². The van der Waals surface area contributed by atoms with Gasteiger partial charge in [0.15, 0.2) is 0 Å². The Morgan fingerprint density at radius 1 is 1.45 bits per heavy atom. The molecule has 1 amide bonds. The maximum Gasteiger partial charge on any atom is 0.410 e. The fourth-order valence-electron chi connectivity index (χ4n) is 2.54. The highest BCUT2D eigenvalue weighted by atomic mass is 16.6. The number of nitrogens with zero attached hydrogens (tertiary/aromatic N) is 4. The number of carbonyl (C=O) groups excluding carboxylic acids is 1. The van der Waals surface area contributed by atoms with Gasteiger partial charge >= 0.3 is 6.09 Å². The molecule has 2 heterocycles. The molecule has 118 valence electrons. The number of aromatic nitrogens is 2. The van der Waals surface area contributed by atoms with Crippen molar-refractivity contribution >= 4 is 6.09 Å². The monoisotopic (exact) mass is 302 g/mol. The summed E-state index contributed by atoms with van der Waals surface area (Å²) in [4.78, 5) is 21.8. The van der Waals surface area contributed by atoms with Crippen LogP contribution in [0.3, 0.4) is 0 Å². The average molecular weight is 302 g/mol. The minimum absolute atomic E-state index is 0.305. The normalized spacial score (nSPS) is 17.6. The number of carbonyl (C=O) groups is 1. The Bertz CT molecular complexity index is 552. The predicted octanol–water partition coefficient (Wildman–Crippen LogP) is 2.56. The van der Waals surface area contributed by atoms with E-state index in [9.17, 15) is 10.1 Å². The van der Waals surface area contributed by atoms with Gasteiger partial charge in [-0.15, -0.1) is 0 Å². The van der Waals surface area contributed by atoms with Crippen LogP contribution < -0.4 is 0 Å². The number of rotatable bonds is 2. The topological polar surface area (TPSA) is 79.1 Å². The SMILES string of the molecule is CC(C)(C)OC(=O)N1CCC(C#N)(Cc2ccncn2)CC1. The van der Waals surface area contributed by atoms with Crippen molar-refractivity contribution in [3.8, 4) is 6.07 Å². The highest BCUT2D eigenvalue weighted by Crippen LogP contribution is 2.34. The lowest BCUT2D eigenvalue weighted by atomic mass is 9.76. The van der Waals surface area contributed by atoms with Gasteiger partial charge < -0.3 is 9.64 Å². The molecule has 1 fully saturated rings. The van der Waals surface area contributed by atoms with Crippen LogP contribution >= 0.6 is 0 Å². The Balaban J connectivity index is 1.97. The van der Waals surface area contributed by atoms with Gasteiger partial charge in [-0.25, -0.2) is 14.8 Å². The van der Waals surface area contributed by atoms with Crippen LogP contribution in [-0.4, -0.2) is 39.7 Å². The van der Waals surface area contributed by atoms with Crippen LogP contribution in [0.2, 0.25) is 0 Å². The summed E-state index contributed by atoms with van der Waals surface area (Å²) in [6, 6.07) is 4.27. The number of nitriles is 1. The average Bonchev–Trinajstić information content (AvgIpc) is 2.47. The van der Waals surface area contributed by atoms with Crippen molar-refractivity contribution < 1.29 is 9.53 Å². The molecule has 0 aromatic carbocycles. The zero-order chi connectivity index (χ0) is 16.2. The molecule has 0 bridgehead atoms. The van der Waals surface area contributed by atoms with E-state index in [1.807, 2.05) is 26.8 Å². The van der Waals surface area contributed by atoms with Crippen molar-refractivity contribution in [2.45, 2.75) is 45.6 Å². The third kappa shape index (κ3) is 4.17. The minimum Gasteiger partial charge on any atom is -0.444 e. The summed E-state index contributed by atoms with van der Waals surface area (Å²) in [5, 5.41) is 9.59. The van der Waals surface area contributed by atoms with E-state index in [-0.39, 0.29) is 6.09 Å². The third-order valence-electron chi connectivity index (χ3n) is 3.77. The van der Waals surface area contributed by atoms with E-state index in [4.69, 9.17) is 4.74 Å². The molecule has 0 aliphatic carbocycles. The Kier molecular flexibility index (Phi) is 4.65. The first-order chi connectivity index (χ1) is 10.3. The molecule has 0 N–H and O–H groups in total. The zero-order valence-corrected chi connectivity index (χ0v) is 13.4. The molecule has 1 aliphatic heterocycles. The van der Waals surface area contributed by atoms with Crippen molar-refractivity contribution in [3.63, 3.8) is 0 Å². The second-order valence-corrected chi connectivity index (χ2v) is 6.74. The summed E-state index contributed by atoms with van der Waals surface area (Å²) >= 11 is 0. The number of hydrogen-bond acceptors (Lipinski definition) is 5. The largest absolute Gasteiger partial charge is 0.444 e. The summed E-state index contributed by atoms with van der Waals surface area (Å²) in [6.07, 6.45) is 4.73. The molecule has 0 unspecified atom stereocenters. The molecule has 1 aromatic rings. The Morgan fingerprint density at radius 2 is 2.14 bits per heavy atom. The van der Waals surface area contributed by atoms with E-state index in [0.717, 1.165) is 5.69 Å². The summed E-state index contributed by atoms with van der Waals surface area (Å²) in [5.74, 6) is 0. The molecule has 0 atom stereocenters. The second kappa shape index (κ2) is 6.30. The smallest absolute Gasteiger partial charge is 0.410 e. The second-order valence-electron chi connectivity index (χ2n) is 6.74.